The zero-order chi connectivity index (χ0) is 20.9. The first-order chi connectivity index (χ1) is 14.4. The lowest BCUT2D eigenvalue weighted by Crippen LogP contribution is -2.32. The van der Waals surface area contributed by atoms with Crippen LogP contribution in [0.5, 0.6) is 0 Å². The normalized spacial score (nSPS) is 18.8. The molecule has 1 amide bonds. The van der Waals surface area contributed by atoms with Crippen LogP contribution in [-0.2, 0) is 12.7 Å². The van der Waals surface area contributed by atoms with Gasteiger partial charge in [0.25, 0.3) is 5.91 Å². The van der Waals surface area contributed by atoms with E-state index in [1.165, 1.54) is 6.07 Å². The maximum absolute atomic E-state index is 13.0. The van der Waals surface area contributed by atoms with Crippen LogP contribution in [0.25, 0.3) is 11.3 Å². The number of alkyl halides is 3. The number of fused-ring (bicyclic) bond motifs is 1. The first-order valence-corrected chi connectivity index (χ1v) is 9.72. The molecule has 1 N–H and O–H groups in total. The molecular weight excluding hydrogens is 399 g/mol. The Bertz CT molecular complexity index is 1100. The molecule has 30 heavy (non-hydrogen) atoms. The highest BCUT2D eigenvalue weighted by atomic mass is 19.4. The molecule has 0 bridgehead atoms. The number of halogens is 3. The highest BCUT2D eigenvalue weighted by Gasteiger charge is 2.33. The molecule has 4 heterocycles. The summed E-state index contributed by atoms with van der Waals surface area (Å²) in [5.41, 5.74) is 0.789. The van der Waals surface area contributed by atoms with Crippen LogP contribution in [0.4, 0.5) is 13.2 Å². The molecule has 8 nitrogen and oxygen atoms in total. The number of aromatic nitrogens is 6. The van der Waals surface area contributed by atoms with Gasteiger partial charge in [0.15, 0.2) is 5.69 Å². The fourth-order valence-corrected chi connectivity index (χ4v) is 3.65. The van der Waals surface area contributed by atoms with Crippen molar-refractivity contribution in [2.45, 2.75) is 50.5 Å². The fourth-order valence-electron chi connectivity index (χ4n) is 3.65. The van der Waals surface area contributed by atoms with E-state index in [1.54, 1.807) is 21.6 Å². The predicted molar refractivity (Wildman–Crippen MR) is 98.2 cm³/mol. The summed E-state index contributed by atoms with van der Waals surface area (Å²) in [7, 11) is 0. The quantitative estimate of drug-likeness (QED) is 0.704. The highest BCUT2D eigenvalue weighted by molar-refractivity contribution is 5.92. The second-order valence-corrected chi connectivity index (χ2v) is 7.59. The summed E-state index contributed by atoms with van der Waals surface area (Å²) < 4.78 is 42.4. The number of carbonyl (C=O) groups is 1. The molecule has 1 unspecified atom stereocenters. The third-order valence-corrected chi connectivity index (χ3v) is 5.35. The molecule has 0 radical (unpaired) electrons. The minimum absolute atomic E-state index is 0.253. The molecular formula is C19H18F3N7O. The number of rotatable bonds is 4. The zero-order valence-electron chi connectivity index (χ0n) is 15.8. The van der Waals surface area contributed by atoms with Crippen LogP contribution in [0.1, 0.15) is 59.6 Å². The third-order valence-electron chi connectivity index (χ3n) is 5.35. The molecule has 5 rings (SSSR count). The van der Waals surface area contributed by atoms with Gasteiger partial charge in [-0.15, -0.1) is 5.10 Å². The van der Waals surface area contributed by atoms with Crippen LogP contribution in [-0.4, -0.2) is 35.7 Å². The number of pyridine rings is 1. The first kappa shape index (κ1) is 18.8. The summed E-state index contributed by atoms with van der Waals surface area (Å²) >= 11 is 0. The monoisotopic (exact) mass is 417 g/mol. The topological polar surface area (TPSA) is 90.5 Å². The van der Waals surface area contributed by atoms with Crippen molar-refractivity contribution in [3.8, 4) is 11.3 Å². The zero-order valence-corrected chi connectivity index (χ0v) is 15.8. The summed E-state index contributed by atoms with van der Waals surface area (Å²) in [4.78, 5) is 16.0. The molecule has 2 aliphatic rings. The van der Waals surface area contributed by atoms with Crippen molar-refractivity contribution in [1.29, 1.82) is 0 Å². The Morgan fingerprint density at radius 2 is 2.03 bits per heavy atom. The molecule has 3 aromatic rings. The van der Waals surface area contributed by atoms with Crippen molar-refractivity contribution < 1.29 is 18.0 Å². The maximum atomic E-state index is 13.0. The Morgan fingerprint density at radius 3 is 2.80 bits per heavy atom. The largest absolute Gasteiger partial charge is 0.433 e. The molecule has 11 heteroatoms. The van der Waals surface area contributed by atoms with E-state index in [0.717, 1.165) is 37.2 Å². The number of aryl methyl sites for hydroxylation is 1. The van der Waals surface area contributed by atoms with Gasteiger partial charge in [-0.2, -0.15) is 18.3 Å². The van der Waals surface area contributed by atoms with E-state index in [4.69, 9.17) is 0 Å². The second-order valence-electron chi connectivity index (χ2n) is 7.59. The molecule has 0 saturated heterocycles. The maximum Gasteiger partial charge on any atom is 0.433 e. The van der Waals surface area contributed by atoms with Gasteiger partial charge in [0.2, 0.25) is 0 Å². The molecule has 1 atom stereocenters. The van der Waals surface area contributed by atoms with E-state index < -0.39 is 11.9 Å². The Balaban J connectivity index is 1.38. The summed E-state index contributed by atoms with van der Waals surface area (Å²) in [6.07, 6.45) is 1.83. The lowest BCUT2D eigenvalue weighted by Gasteiger charge is -2.24. The fraction of sp³-hybridized carbons (Fsp3) is 0.421. The SMILES string of the molecule is O=C(NC1CCCn2nc(-c3ccnc(C(F)(F)F)c3)cc21)c1cn(C2CC2)nn1. The van der Waals surface area contributed by atoms with Crippen molar-refractivity contribution in [2.24, 2.45) is 0 Å². The molecule has 1 aliphatic heterocycles. The minimum Gasteiger partial charge on any atom is -0.342 e. The molecule has 0 aromatic carbocycles. The van der Waals surface area contributed by atoms with Gasteiger partial charge < -0.3 is 5.32 Å². The van der Waals surface area contributed by atoms with Crippen molar-refractivity contribution in [1.82, 2.24) is 35.1 Å². The van der Waals surface area contributed by atoms with Crippen LogP contribution in [0.2, 0.25) is 0 Å². The van der Waals surface area contributed by atoms with Gasteiger partial charge in [-0.25, -0.2) is 4.68 Å². The van der Waals surface area contributed by atoms with E-state index in [-0.39, 0.29) is 17.6 Å². The van der Waals surface area contributed by atoms with Gasteiger partial charge in [-0.1, -0.05) is 5.21 Å². The van der Waals surface area contributed by atoms with E-state index >= 15 is 0 Å². The standard InChI is InChI=1S/C19H18F3N7O/c20-19(21,22)17-8-11(5-6-23-17)14-9-16-13(2-1-7-28(16)26-14)24-18(30)15-10-29(27-25-15)12-3-4-12/h5-6,8-10,12-13H,1-4,7H2,(H,24,30). The molecule has 3 aromatic heterocycles. The molecule has 1 fully saturated rings. The third kappa shape index (κ3) is 3.55. The lowest BCUT2D eigenvalue weighted by atomic mass is 10.0. The van der Waals surface area contributed by atoms with Crippen LogP contribution in [0.15, 0.2) is 30.6 Å². The Morgan fingerprint density at radius 1 is 1.20 bits per heavy atom. The van der Waals surface area contributed by atoms with Crippen LogP contribution < -0.4 is 5.32 Å². The average molecular weight is 417 g/mol. The molecule has 1 aliphatic carbocycles. The van der Waals surface area contributed by atoms with Crippen LogP contribution in [0, 0.1) is 0 Å². The van der Waals surface area contributed by atoms with E-state index in [9.17, 15) is 18.0 Å². The number of nitrogens with zero attached hydrogens (tertiary/aromatic N) is 6. The summed E-state index contributed by atoms with van der Waals surface area (Å²) in [6, 6.07) is 4.23. The lowest BCUT2D eigenvalue weighted by molar-refractivity contribution is -0.141. The van der Waals surface area contributed by atoms with E-state index in [1.807, 2.05) is 0 Å². The van der Waals surface area contributed by atoms with Gasteiger partial charge in [0, 0.05) is 18.3 Å². The van der Waals surface area contributed by atoms with Crippen molar-refractivity contribution in [2.75, 3.05) is 0 Å². The molecule has 156 valence electrons. The van der Waals surface area contributed by atoms with Crippen LogP contribution >= 0.6 is 0 Å². The number of carbonyl (C=O) groups excluding carboxylic acids is 1. The van der Waals surface area contributed by atoms with Crippen molar-refractivity contribution >= 4 is 5.91 Å². The summed E-state index contributed by atoms with van der Waals surface area (Å²) in [5.74, 6) is -0.327. The number of amides is 1. The van der Waals surface area contributed by atoms with Crippen molar-refractivity contribution in [3.05, 3.63) is 47.7 Å². The van der Waals surface area contributed by atoms with Gasteiger partial charge in [-0.3, -0.25) is 14.5 Å². The van der Waals surface area contributed by atoms with Gasteiger partial charge in [0.1, 0.15) is 5.69 Å². The first-order valence-electron chi connectivity index (χ1n) is 9.72. The summed E-state index contributed by atoms with van der Waals surface area (Å²) in [6.45, 7) is 0.636. The Labute approximate surface area is 169 Å². The second kappa shape index (κ2) is 6.92. The van der Waals surface area contributed by atoms with Gasteiger partial charge in [0.05, 0.1) is 29.7 Å². The number of hydrogen-bond acceptors (Lipinski definition) is 5. The Hall–Kier alpha value is -3.24. The molecule has 1 saturated carbocycles. The van der Waals surface area contributed by atoms with Gasteiger partial charge in [-0.05, 0) is 43.9 Å². The molecule has 0 spiro atoms. The minimum atomic E-state index is -4.52. The Kier molecular flexibility index (Phi) is 4.33. The number of hydrogen-bond donors (Lipinski definition) is 1. The highest BCUT2D eigenvalue weighted by Crippen LogP contribution is 2.34. The predicted octanol–water partition coefficient (Wildman–Crippen LogP) is 3.16. The van der Waals surface area contributed by atoms with E-state index in [2.05, 4.69) is 25.7 Å². The van der Waals surface area contributed by atoms with Crippen LogP contribution in [0.3, 0.4) is 0 Å². The average Bonchev–Trinajstić information content (AvgIpc) is 3.27. The smallest absolute Gasteiger partial charge is 0.342 e. The van der Waals surface area contributed by atoms with Crippen molar-refractivity contribution in [3.63, 3.8) is 0 Å². The number of nitrogens with one attached hydrogen (secondary N) is 1. The van der Waals surface area contributed by atoms with E-state index in [0.29, 0.717) is 30.3 Å². The van der Waals surface area contributed by atoms with Gasteiger partial charge >= 0.3 is 6.18 Å². The summed E-state index contributed by atoms with van der Waals surface area (Å²) in [5, 5.41) is 15.4.